The van der Waals surface area contributed by atoms with Crippen molar-refractivity contribution in [2.45, 2.75) is 25.7 Å². The molecule has 1 saturated heterocycles. The van der Waals surface area contributed by atoms with Crippen LogP contribution in [0.1, 0.15) is 31.2 Å². The lowest BCUT2D eigenvalue weighted by Gasteiger charge is -2.16. The SMILES string of the molecule is COCCN1CCC(CNC(=O)CC(C)c2ccc(F)cc2)C1. The van der Waals surface area contributed by atoms with Crippen LogP contribution >= 0.6 is 0 Å². The highest BCUT2D eigenvalue weighted by atomic mass is 19.1. The molecule has 1 fully saturated rings. The Morgan fingerprint density at radius 2 is 2.17 bits per heavy atom. The molecule has 0 radical (unpaired) electrons. The van der Waals surface area contributed by atoms with Crippen molar-refractivity contribution in [2.24, 2.45) is 5.92 Å². The molecule has 0 bridgehead atoms. The summed E-state index contributed by atoms with van der Waals surface area (Å²) in [6.45, 7) is 6.55. The monoisotopic (exact) mass is 322 g/mol. The van der Waals surface area contributed by atoms with Gasteiger partial charge in [0.15, 0.2) is 0 Å². The van der Waals surface area contributed by atoms with Crippen LogP contribution in [0.4, 0.5) is 4.39 Å². The van der Waals surface area contributed by atoms with Crippen LogP contribution in [0.2, 0.25) is 0 Å². The van der Waals surface area contributed by atoms with Gasteiger partial charge < -0.3 is 15.0 Å². The largest absolute Gasteiger partial charge is 0.383 e. The Kier molecular flexibility index (Phi) is 6.99. The molecule has 2 unspecified atom stereocenters. The van der Waals surface area contributed by atoms with E-state index in [1.165, 1.54) is 12.1 Å². The molecule has 2 rings (SSSR count). The van der Waals surface area contributed by atoms with Crippen LogP contribution in [0.3, 0.4) is 0 Å². The lowest BCUT2D eigenvalue weighted by molar-refractivity contribution is -0.121. The van der Waals surface area contributed by atoms with E-state index in [2.05, 4.69) is 10.2 Å². The van der Waals surface area contributed by atoms with E-state index in [9.17, 15) is 9.18 Å². The van der Waals surface area contributed by atoms with Gasteiger partial charge in [-0.25, -0.2) is 4.39 Å². The molecule has 2 atom stereocenters. The summed E-state index contributed by atoms with van der Waals surface area (Å²) in [6, 6.07) is 6.38. The molecule has 0 saturated carbocycles. The van der Waals surface area contributed by atoms with E-state index >= 15 is 0 Å². The van der Waals surface area contributed by atoms with Crippen LogP contribution in [0.15, 0.2) is 24.3 Å². The van der Waals surface area contributed by atoms with Gasteiger partial charge in [-0.2, -0.15) is 0 Å². The van der Waals surface area contributed by atoms with E-state index in [4.69, 9.17) is 4.74 Å². The van der Waals surface area contributed by atoms with Crippen molar-refractivity contribution >= 4 is 5.91 Å². The Morgan fingerprint density at radius 1 is 1.43 bits per heavy atom. The number of nitrogens with zero attached hydrogens (tertiary/aromatic N) is 1. The van der Waals surface area contributed by atoms with E-state index in [1.807, 2.05) is 6.92 Å². The first kappa shape index (κ1) is 17.9. The van der Waals surface area contributed by atoms with Crippen molar-refractivity contribution in [3.63, 3.8) is 0 Å². The number of hydrogen-bond acceptors (Lipinski definition) is 3. The summed E-state index contributed by atoms with van der Waals surface area (Å²) < 4.78 is 18.0. The number of nitrogens with one attached hydrogen (secondary N) is 1. The summed E-state index contributed by atoms with van der Waals surface area (Å²) in [6.07, 6.45) is 1.56. The Hall–Kier alpha value is -1.46. The summed E-state index contributed by atoms with van der Waals surface area (Å²) in [7, 11) is 1.72. The van der Waals surface area contributed by atoms with Gasteiger partial charge in [0.2, 0.25) is 5.91 Å². The zero-order valence-corrected chi connectivity index (χ0v) is 14.1. The topological polar surface area (TPSA) is 41.6 Å². The van der Waals surface area contributed by atoms with Gasteiger partial charge in [0, 0.05) is 33.2 Å². The quantitative estimate of drug-likeness (QED) is 0.799. The third kappa shape index (κ3) is 5.92. The summed E-state index contributed by atoms with van der Waals surface area (Å²) >= 11 is 0. The third-order valence-corrected chi connectivity index (χ3v) is 4.50. The first-order valence-electron chi connectivity index (χ1n) is 8.32. The van der Waals surface area contributed by atoms with Crippen molar-refractivity contribution < 1.29 is 13.9 Å². The summed E-state index contributed by atoms with van der Waals surface area (Å²) in [4.78, 5) is 14.5. The molecule has 1 heterocycles. The fraction of sp³-hybridized carbons (Fsp3) is 0.611. The molecule has 128 valence electrons. The van der Waals surface area contributed by atoms with Crippen LogP contribution in [0.5, 0.6) is 0 Å². The van der Waals surface area contributed by atoms with Gasteiger partial charge in [0.25, 0.3) is 0 Å². The number of halogens is 1. The molecular weight excluding hydrogens is 295 g/mol. The second-order valence-electron chi connectivity index (χ2n) is 6.41. The van der Waals surface area contributed by atoms with Gasteiger partial charge in [-0.15, -0.1) is 0 Å². The fourth-order valence-corrected chi connectivity index (χ4v) is 3.02. The zero-order chi connectivity index (χ0) is 16.7. The van der Waals surface area contributed by atoms with Gasteiger partial charge in [0.05, 0.1) is 6.61 Å². The molecule has 23 heavy (non-hydrogen) atoms. The molecule has 0 aromatic heterocycles. The van der Waals surface area contributed by atoms with Crippen LogP contribution in [-0.2, 0) is 9.53 Å². The standard InChI is InChI=1S/C18H27FN2O2/c1-14(16-3-5-17(19)6-4-16)11-18(22)20-12-15-7-8-21(13-15)9-10-23-2/h3-6,14-15H,7-13H2,1-2H3,(H,20,22). The smallest absolute Gasteiger partial charge is 0.220 e. The van der Waals surface area contributed by atoms with Crippen molar-refractivity contribution in [3.05, 3.63) is 35.6 Å². The number of ether oxygens (including phenoxy) is 1. The predicted molar refractivity (Wildman–Crippen MR) is 88.9 cm³/mol. The number of likely N-dealkylation sites (tertiary alicyclic amines) is 1. The van der Waals surface area contributed by atoms with Crippen LogP contribution in [0, 0.1) is 11.7 Å². The minimum atomic E-state index is -0.246. The maximum absolute atomic E-state index is 12.9. The molecule has 0 spiro atoms. The van der Waals surface area contributed by atoms with Crippen molar-refractivity contribution in [2.75, 3.05) is 39.9 Å². The Balaban J connectivity index is 1.68. The maximum Gasteiger partial charge on any atom is 0.220 e. The Morgan fingerprint density at radius 3 is 2.87 bits per heavy atom. The molecule has 1 aromatic carbocycles. The van der Waals surface area contributed by atoms with Crippen molar-refractivity contribution in [3.8, 4) is 0 Å². The number of methoxy groups -OCH3 is 1. The predicted octanol–water partition coefficient (Wildman–Crippen LogP) is 2.40. The highest BCUT2D eigenvalue weighted by molar-refractivity contribution is 5.76. The minimum Gasteiger partial charge on any atom is -0.383 e. The number of benzene rings is 1. The summed E-state index contributed by atoms with van der Waals surface area (Å²) in [5, 5.41) is 3.04. The maximum atomic E-state index is 12.9. The molecule has 1 aromatic rings. The number of carbonyl (C=O) groups excluding carboxylic acids is 1. The van der Waals surface area contributed by atoms with E-state index in [-0.39, 0.29) is 17.6 Å². The number of carbonyl (C=O) groups is 1. The Labute approximate surface area is 138 Å². The van der Waals surface area contributed by atoms with Gasteiger partial charge in [-0.1, -0.05) is 19.1 Å². The lowest BCUT2D eigenvalue weighted by atomic mass is 9.97. The molecule has 1 amide bonds. The minimum absolute atomic E-state index is 0.0668. The van der Waals surface area contributed by atoms with E-state index in [0.717, 1.165) is 44.8 Å². The van der Waals surface area contributed by atoms with Crippen LogP contribution < -0.4 is 5.32 Å². The molecule has 4 nitrogen and oxygen atoms in total. The van der Waals surface area contributed by atoms with Gasteiger partial charge in [0.1, 0.15) is 5.82 Å². The highest BCUT2D eigenvalue weighted by Gasteiger charge is 2.22. The van der Waals surface area contributed by atoms with E-state index in [0.29, 0.717) is 12.3 Å². The normalized spacial score (nSPS) is 19.7. The number of rotatable bonds is 8. The summed E-state index contributed by atoms with van der Waals surface area (Å²) in [5.41, 5.74) is 0.994. The van der Waals surface area contributed by atoms with Crippen LogP contribution in [0.25, 0.3) is 0 Å². The summed E-state index contributed by atoms with van der Waals surface area (Å²) in [5.74, 6) is 0.441. The van der Waals surface area contributed by atoms with Gasteiger partial charge in [-0.05, 0) is 42.5 Å². The molecule has 5 heteroatoms. The Bertz CT molecular complexity index is 492. The zero-order valence-electron chi connectivity index (χ0n) is 14.1. The number of amides is 1. The lowest BCUT2D eigenvalue weighted by Crippen LogP contribution is -2.32. The molecule has 1 N–H and O–H groups in total. The van der Waals surface area contributed by atoms with E-state index < -0.39 is 0 Å². The second kappa shape index (κ2) is 8.99. The number of hydrogen-bond donors (Lipinski definition) is 1. The fourth-order valence-electron chi connectivity index (χ4n) is 3.02. The molecule has 1 aliphatic rings. The third-order valence-electron chi connectivity index (χ3n) is 4.50. The van der Waals surface area contributed by atoms with Crippen molar-refractivity contribution in [1.82, 2.24) is 10.2 Å². The molecule has 0 aliphatic carbocycles. The van der Waals surface area contributed by atoms with E-state index in [1.54, 1.807) is 19.2 Å². The highest BCUT2D eigenvalue weighted by Crippen LogP contribution is 2.19. The van der Waals surface area contributed by atoms with Gasteiger partial charge >= 0.3 is 0 Å². The first-order chi connectivity index (χ1) is 11.1. The first-order valence-corrected chi connectivity index (χ1v) is 8.32. The van der Waals surface area contributed by atoms with Crippen molar-refractivity contribution in [1.29, 1.82) is 0 Å². The van der Waals surface area contributed by atoms with Gasteiger partial charge in [-0.3, -0.25) is 4.79 Å². The second-order valence-corrected chi connectivity index (χ2v) is 6.41. The average molecular weight is 322 g/mol. The molecule has 1 aliphatic heterocycles. The average Bonchev–Trinajstić information content (AvgIpc) is 2.99. The van der Waals surface area contributed by atoms with Crippen LogP contribution in [-0.4, -0.2) is 50.7 Å². The molecular formula is C18H27FN2O2.